The first-order valence-electron chi connectivity index (χ1n) is 8.55. The fraction of sp³-hybridized carbons (Fsp3) is 0.444. The molecule has 1 fully saturated rings. The molecule has 128 valence electrons. The summed E-state index contributed by atoms with van der Waals surface area (Å²) in [4.78, 5) is 12.1. The van der Waals surface area contributed by atoms with Crippen LogP contribution in [0.4, 0.5) is 17.3 Å². The molecule has 2 aromatic rings. The van der Waals surface area contributed by atoms with Crippen molar-refractivity contribution in [2.45, 2.75) is 51.5 Å². The molecule has 0 atom stereocenters. The topological polar surface area (TPSA) is 79.1 Å². The average Bonchev–Trinajstić information content (AvgIpc) is 2.75. The van der Waals surface area contributed by atoms with Crippen LogP contribution in [0.1, 0.15) is 45.4 Å². The Morgan fingerprint density at radius 2 is 2.04 bits per heavy atom. The lowest BCUT2D eigenvalue weighted by Crippen LogP contribution is -2.19. The summed E-state index contributed by atoms with van der Waals surface area (Å²) in [6, 6.07) is 6.49. The lowest BCUT2D eigenvalue weighted by Gasteiger charge is -2.17. The van der Waals surface area contributed by atoms with Gasteiger partial charge in [-0.3, -0.25) is 0 Å². The zero-order valence-corrected chi connectivity index (χ0v) is 14.7. The van der Waals surface area contributed by atoms with E-state index in [2.05, 4.69) is 15.3 Å². The van der Waals surface area contributed by atoms with Crippen LogP contribution in [-0.2, 0) is 0 Å². The van der Waals surface area contributed by atoms with E-state index in [1.165, 1.54) is 38.5 Å². The van der Waals surface area contributed by atoms with E-state index in [0.29, 0.717) is 22.7 Å². The minimum absolute atomic E-state index is 0.440. The Hall–Kier alpha value is -2.01. The number of nitrogen functional groups attached to an aromatic ring is 1. The van der Waals surface area contributed by atoms with Gasteiger partial charge >= 0.3 is 0 Å². The summed E-state index contributed by atoms with van der Waals surface area (Å²) in [5.41, 5.74) is 8.30. The summed E-state index contributed by atoms with van der Waals surface area (Å²) in [6.45, 7) is 1.73. The zero-order valence-electron chi connectivity index (χ0n) is 14.0. The maximum atomic E-state index is 5.97. The molecule has 3 rings (SSSR count). The molecule has 24 heavy (non-hydrogen) atoms. The monoisotopic (exact) mass is 345 g/mol. The molecule has 2 aromatic heterocycles. The standard InChI is InChI=1S/C18H24ClN5/c1-12(19)22-17-14(11-21-18(17)20)15-9-6-10-16(24-15)23-13-7-4-2-3-5-8-13/h6,9-11,13,21H,2-5,7-8,20H2,1H3,(H,23,24). The molecule has 5 nitrogen and oxygen atoms in total. The number of aliphatic imine (C=N–C) groups is 1. The summed E-state index contributed by atoms with van der Waals surface area (Å²) in [5, 5.41) is 4.02. The van der Waals surface area contributed by atoms with Gasteiger partial charge in [-0.05, 0) is 31.9 Å². The van der Waals surface area contributed by atoms with Gasteiger partial charge in [0, 0.05) is 17.8 Å². The number of pyridine rings is 1. The number of aromatic amines is 1. The molecule has 0 spiro atoms. The van der Waals surface area contributed by atoms with Crippen LogP contribution >= 0.6 is 11.6 Å². The molecule has 0 radical (unpaired) electrons. The number of hydrogen-bond donors (Lipinski definition) is 3. The van der Waals surface area contributed by atoms with E-state index in [0.717, 1.165) is 17.1 Å². The van der Waals surface area contributed by atoms with Crippen molar-refractivity contribution >= 4 is 34.1 Å². The minimum atomic E-state index is 0.440. The van der Waals surface area contributed by atoms with Crippen molar-refractivity contribution in [3.63, 3.8) is 0 Å². The molecule has 6 heteroatoms. The third kappa shape index (κ3) is 4.09. The Morgan fingerprint density at radius 3 is 2.75 bits per heavy atom. The molecular formula is C18H24ClN5. The summed E-state index contributed by atoms with van der Waals surface area (Å²) >= 11 is 5.92. The molecule has 1 aliphatic carbocycles. The van der Waals surface area contributed by atoms with Gasteiger partial charge in [-0.1, -0.05) is 43.4 Å². The first-order chi connectivity index (χ1) is 11.6. The quantitative estimate of drug-likeness (QED) is 0.533. The fourth-order valence-electron chi connectivity index (χ4n) is 3.20. The Labute approximate surface area is 147 Å². The third-order valence-corrected chi connectivity index (χ3v) is 4.46. The van der Waals surface area contributed by atoms with E-state index in [9.17, 15) is 0 Å². The van der Waals surface area contributed by atoms with Gasteiger partial charge in [0.15, 0.2) is 0 Å². The van der Waals surface area contributed by atoms with Gasteiger partial charge in [0.2, 0.25) is 0 Å². The summed E-state index contributed by atoms with van der Waals surface area (Å²) in [5.74, 6) is 1.39. The number of rotatable bonds is 4. The van der Waals surface area contributed by atoms with Crippen molar-refractivity contribution in [1.29, 1.82) is 0 Å². The minimum Gasteiger partial charge on any atom is -0.383 e. The highest BCUT2D eigenvalue weighted by Crippen LogP contribution is 2.35. The smallest absolute Gasteiger partial charge is 0.127 e. The number of hydrogen-bond acceptors (Lipinski definition) is 4. The van der Waals surface area contributed by atoms with Gasteiger partial charge in [-0.2, -0.15) is 0 Å². The maximum Gasteiger partial charge on any atom is 0.127 e. The second-order valence-corrected chi connectivity index (χ2v) is 6.86. The Morgan fingerprint density at radius 1 is 1.29 bits per heavy atom. The Bertz CT molecular complexity index is 710. The number of halogens is 1. The number of nitrogens with one attached hydrogen (secondary N) is 2. The van der Waals surface area contributed by atoms with Crippen LogP contribution < -0.4 is 11.1 Å². The van der Waals surface area contributed by atoms with Crippen LogP contribution in [0.25, 0.3) is 11.3 Å². The van der Waals surface area contributed by atoms with Crippen LogP contribution in [0, 0.1) is 0 Å². The van der Waals surface area contributed by atoms with E-state index in [-0.39, 0.29) is 0 Å². The molecule has 0 amide bonds. The van der Waals surface area contributed by atoms with Gasteiger partial charge in [0.1, 0.15) is 22.5 Å². The first kappa shape index (κ1) is 16.8. The predicted molar refractivity (Wildman–Crippen MR) is 102 cm³/mol. The number of nitrogens with zero attached hydrogens (tertiary/aromatic N) is 2. The molecule has 2 heterocycles. The molecule has 0 aromatic carbocycles. The van der Waals surface area contributed by atoms with Crippen molar-refractivity contribution in [1.82, 2.24) is 9.97 Å². The van der Waals surface area contributed by atoms with E-state index in [4.69, 9.17) is 22.3 Å². The number of nitrogens with two attached hydrogens (primary N) is 1. The molecule has 0 bridgehead atoms. The molecule has 1 saturated carbocycles. The van der Waals surface area contributed by atoms with Crippen LogP contribution in [0.15, 0.2) is 29.4 Å². The summed E-state index contributed by atoms with van der Waals surface area (Å²) in [7, 11) is 0. The SMILES string of the molecule is CC(Cl)=Nc1c(-c2cccc(NC3CCCCCC3)n2)c[nH]c1N. The van der Waals surface area contributed by atoms with Crippen LogP contribution in [-0.4, -0.2) is 21.2 Å². The van der Waals surface area contributed by atoms with Gasteiger partial charge in [0.05, 0.1) is 5.69 Å². The van der Waals surface area contributed by atoms with Crippen LogP contribution in [0.2, 0.25) is 0 Å². The van der Waals surface area contributed by atoms with Crippen molar-refractivity contribution in [3.8, 4) is 11.3 Å². The second kappa shape index (κ2) is 7.71. The van der Waals surface area contributed by atoms with Crippen molar-refractivity contribution in [2.24, 2.45) is 4.99 Å². The number of H-pyrrole nitrogens is 1. The van der Waals surface area contributed by atoms with Gasteiger partial charge in [-0.25, -0.2) is 9.98 Å². The molecule has 0 aliphatic heterocycles. The van der Waals surface area contributed by atoms with E-state index in [1.807, 2.05) is 24.4 Å². The highest BCUT2D eigenvalue weighted by molar-refractivity contribution is 6.65. The van der Waals surface area contributed by atoms with Crippen LogP contribution in [0.3, 0.4) is 0 Å². The lowest BCUT2D eigenvalue weighted by molar-refractivity contribution is 0.618. The highest BCUT2D eigenvalue weighted by Gasteiger charge is 2.15. The van der Waals surface area contributed by atoms with Gasteiger partial charge in [0.25, 0.3) is 0 Å². The van der Waals surface area contributed by atoms with E-state index in [1.54, 1.807) is 6.92 Å². The summed E-state index contributed by atoms with van der Waals surface area (Å²) < 4.78 is 0. The number of aromatic nitrogens is 2. The molecule has 0 unspecified atom stereocenters. The second-order valence-electron chi connectivity index (χ2n) is 6.31. The average molecular weight is 346 g/mol. The fourth-order valence-corrected chi connectivity index (χ4v) is 3.28. The van der Waals surface area contributed by atoms with Crippen LogP contribution in [0.5, 0.6) is 0 Å². The number of anilines is 2. The predicted octanol–water partition coefficient (Wildman–Crippen LogP) is 5.08. The normalized spacial score (nSPS) is 16.8. The largest absolute Gasteiger partial charge is 0.383 e. The third-order valence-electron chi connectivity index (χ3n) is 4.38. The Kier molecular flexibility index (Phi) is 5.41. The molecule has 4 N–H and O–H groups in total. The van der Waals surface area contributed by atoms with Crippen molar-refractivity contribution in [2.75, 3.05) is 11.1 Å². The first-order valence-corrected chi connectivity index (χ1v) is 8.93. The summed E-state index contributed by atoms with van der Waals surface area (Å²) in [6.07, 6.45) is 9.51. The van der Waals surface area contributed by atoms with Gasteiger partial charge < -0.3 is 16.0 Å². The zero-order chi connectivity index (χ0) is 16.9. The maximum absolute atomic E-state index is 5.97. The molecule has 0 saturated heterocycles. The molecular weight excluding hydrogens is 322 g/mol. The lowest BCUT2D eigenvalue weighted by atomic mass is 10.1. The van der Waals surface area contributed by atoms with E-state index < -0.39 is 0 Å². The molecule has 1 aliphatic rings. The van der Waals surface area contributed by atoms with E-state index >= 15 is 0 Å². The van der Waals surface area contributed by atoms with Crippen molar-refractivity contribution in [3.05, 3.63) is 24.4 Å². The van der Waals surface area contributed by atoms with Gasteiger partial charge in [-0.15, -0.1) is 0 Å². The highest BCUT2D eigenvalue weighted by atomic mass is 35.5. The van der Waals surface area contributed by atoms with Crippen molar-refractivity contribution < 1.29 is 0 Å². The Balaban J connectivity index is 1.84.